The molecule has 0 aliphatic rings. The SMILES string of the molecule is CCC(Nc1cccc(COC)c1)c1cccs1. The molecule has 2 rings (SSSR count). The maximum Gasteiger partial charge on any atom is 0.0713 e. The lowest BCUT2D eigenvalue weighted by molar-refractivity contribution is 0.185. The number of rotatable bonds is 6. The van der Waals surface area contributed by atoms with Gasteiger partial charge in [-0.2, -0.15) is 0 Å². The summed E-state index contributed by atoms with van der Waals surface area (Å²) >= 11 is 1.80. The predicted molar refractivity (Wildman–Crippen MR) is 78.1 cm³/mol. The molecule has 0 saturated heterocycles. The van der Waals surface area contributed by atoms with E-state index < -0.39 is 0 Å². The van der Waals surface area contributed by atoms with Crippen molar-refractivity contribution in [2.45, 2.75) is 26.0 Å². The Labute approximate surface area is 113 Å². The maximum absolute atomic E-state index is 5.16. The molecule has 1 heterocycles. The second-order valence-electron chi connectivity index (χ2n) is 4.25. The van der Waals surface area contributed by atoms with E-state index in [2.05, 4.69) is 54.0 Å². The molecule has 0 amide bonds. The molecule has 0 spiro atoms. The highest BCUT2D eigenvalue weighted by Crippen LogP contribution is 2.26. The van der Waals surface area contributed by atoms with Gasteiger partial charge < -0.3 is 10.1 Å². The lowest BCUT2D eigenvalue weighted by Gasteiger charge is -2.17. The van der Waals surface area contributed by atoms with E-state index in [1.54, 1.807) is 18.4 Å². The molecule has 1 N–H and O–H groups in total. The van der Waals surface area contributed by atoms with Crippen molar-refractivity contribution in [3.8, 4) is 0 Å². The van der Waals surface area contributed by atoms with Gasteiger partial charge in [-0.05, 0) is 35.6 Å². The summed E-state index contributed by atoms with van der Waals surface area (Å²) in [4.78, 5) is 1.38. The molecule has 0 aliphatic heterocycles. The number of benzene rings is 1. The number of nitrogens with one attached hydrogen (secondary N) is 1. The topological polar surface area (TPSA) is 21.3 Å². The third-order valence-electron chi connectivity index (χ3n) is 2.87. The molecular weight excluding hydrogens is 242 g/mol. The molecule has 1 aromatic carbocycles. The molecule has 1 aromatic heterocycles. The zero-order valence-electron chi connectivity index (χ0n) is 10.8. The average Bonchev–Trinajstić information content (AvgIpc) is 2.90. The third-order valence-corrected chi connectivity index (χ3v) is 3.86. The van der Waals surface area contributed by atoms with Crippen LogP contribution in [-0.4, -0.2) is 7.11 Å². The van der Waals surface area contributed by atoms with Crippen LogP contribution in [-0.2, 0) is 11.3 Å². The predicted octanol–water partition coefficient (Wildman–Crippen LogP) is 4.46. The van der Waals surface area contributed by atoms with Gasteiger partial charge in [-0.15, -0.1) is 11.3 Å². The minimum atomic E-state index is 0.391. The van der Waals surface area contributed by atoms with Crippen molar-refractivity contribution in [3.63, 3.8) is 0 Å². The molecule has 96 valence electrons. The largest absolute Gasteiger partial charge is 0.380 e. The number of ether oxygens (including phenoxy) is 1. The Bertz CT molecular complexity index is 467. The molecule has 2 nitrogen and oxygen atoms in total. The highest BCUT2D eigenvalue weighted by molar-refractivity contribution is 7.10. The fourth-order valence-corrected chi connectivity index (χ4v) is 2.84. The van der Waals surface area contributed by atoms with Crippen molar-refractivity contribution < 1.29 is 4.74 Å². The van der Waals surface area contributed by atoms with Crippen molar-refractivity contribution in [1.82, 2.24) is 0 Å². The maximum atomic E-state index is 5.16. The fourth-order valence-electron chi connectivity index (χ4n) is 1.98. The van der Waals surface area contributed by atoms with E-state index in [1.807, 2.05) is 0 Å². The van der Waals surface area contributed by atoms with Crippen molar-refractivity contribution >= 4 is 17.0 Å². The lowest BCUT2D eigenvalue weighted by atomic mass is 10.1. The fraction of sp³-hybridized carbons (Fsp3) is 0.333. The van der Waals surface area contributed by atoms with E-state index in [1.165, 1.54) is 10.4 Å². The summed E-state index contributed by atoms with van der Waals surface area (Å²) in [7, 11) is 1.72. The van der Waals surface area contributed by atoms with Gasteiger partial charge >= 0.3 is 0 Å². The summed E-state index contributed by atoms with van der Waals surface area (Å²) in [5.74, 6) is 0. The molecule has 0 fully saturated rings. The monoisotopic (exact) mass is 261 g/mol. The van der Waals surface area contributed by atoms with Gasteiger partial charge in [0.25, 0.3) is 0 Å². The molecule has 0 saturated carbocycles. The first-order chi connectivity index (χ1) is 8.83. The van der Waals surface area contributed by atoms with Gasteiger partial charge in [0.2, 0.25) is 0 Å². The van der Waals surface area contributed by atoms with Crippen molar-refractivity contribution in [1.29, 1.82) is 0 Å². The van der Waals surface area contributed by atoms with E-state index in [0.717, 1.165) is 12.1 Å². The Morgan fingerprint density at radius 2 is 2.17 bits per heavy atom. The van der Waals surface area contributed by atoms with Gasteiger partial charge in [-0.3, -0.25) is 0 Å². The molecule has 1 atom stereocenters. The van der Waals surface area contributed by atoms with Crippen molar-refractivity contribution in [3.05, 3.63) is 52.2 Å². The molecule has 18 heavy (non-hydrogen) atoms. The van der Waals surface area contributed by atoms with Crippen LogP contribution in [0.25, 0.3) is 0 Å². The van der Waals surface area contributed by atoms with Crippen LogP contribution in [0.5, 0.6) is 0 Å². The minimum absolute atomic E-state index is 0.391. The quantitative estimate of drug-likeness (QED) is 0.829. The highest BCUT2D eigenvalue weighted by Gasteiger charge is 2.09. The van der Waals surface area contributed by atoms with Crippen LogP contribution < -0.4 is 5.32 Å². The summed E-state index contributed by atoms with van der Waals surface area (Å²) < 4.78 is 5.16. The van der Waals surface area contributed by atoms with Gasteiger partial charge in [0.15, 0.2) is 0 Å². The van der Waals surface area contributed by atoms with E-state index in [0.29, 0.717) is 12.6 Å². The van der Waals surface area contributed by atoms with Crippen LogP contribution in [0.2, 0.25) is 0 Å². The molecule has 0 bridgehead atoms. The molecule has 0 aliphatic carbocycles. The second kappa shape index (κ2) is 6.57. The minimum Gasteiger partial charge on any atom is -0.380 e. The smallest absolute Gasteiger partial charge is 0.0713 e. The summed E-state index contributed by atoms with van der Waals surface area (Å²) in [5.41, 5.74) is 2.35. The van der Waals surface area contributed by atoms with Crippen molar-refractivity contribution in [2.75, 3.05) is 12.4 Å². The number of thiophene rings is 1. The summed E-state index contributed by atoms with van der Waals surface area (Å²) in [5, 5.41) is 5.71. The Morgan fingerprint density at radius 3 is 2.83 bits per heavy atom. The van der Waals surface area contributed by atoms with Gasteiger partial charge in [0, 0.05) is 17.7 Å². The first-order valence-corrected chi connectivity index (χ1v) is 7.09. The van der Waals surface area contributed by atoms with Gasteiger partial charge in [0.1, 0.15) is 0 Å². The van der Waals surface area contributed by atoms with Crippen LogP contribution in [0.3, 0.4) is 0 Å². The molecule has 0 radical (unpaired) electrons. The van der Waals surface area contributed by atoms with Gasteiger partial charge in [-0.25, -0.2) is 0 Å². The van der Waals surface area contributed by atoms with Crippen LogP contribution in [0, 0.1) is 0 Å². The lowest BCUT2D eigenvalue weighted by Crippen LogP contribution is -2.08. The van der Waals surface area contributed by atoms with Crippen LogP contribution in [0.15, 0.2) is 41.8 Å². The summed E-state index contributed by atoms with van der Waals surface area (Å²) in [6, 6.07) is 13.1. The van der Waals surface area contributed by atoms with Crippen LogP contribution in [0.1, 0.15) is 29.8 Å². The number of hydrogen-bond acceptors (Lipinski definition) is 3. The third kappa shape index (κ3) is 3.34. The Kier molecular flexibility index (Phi) is 4.79. The van der Waals surface area contributed by atoms with E-state index in [4.69, 9.17) is 4.74 Å². The normalized spacial score (nSPS) is 12.3. The van der Waals surface area contributed by atoms with Gasteiger partial charge in [-0.1, -0.05) is 25.1 Å². The van der Waals surface area contributed by atoms with Gasteiger partial charge in [0.05, 0.1) is 12.6 Å². The molecule has 3 heteroatoms. The molecular formula is C15H19NOS. The van der Waals surface area contributed by atoms with Crippen LogP contribution >= 0.6 is 11.3 Å². The van der Waals surface area contributed by atoms with Crippen LogP contribution in [0.4, 0.5) is 5.69 Å². The number of methoxy groups -OCH3 is 1. The zero-order chi connectivity index (χ0) is 12.8. The second-order valence-corrected chi connectivity index (χ2v) is 5.23. The van der Waals surface area contributed by atoms with Crippen molar-refractivity contribution in [2.24, 2.45) is 0 Å². The first-order valence-electron chi connectivity index (χ1n) is 6.21. The standard InChI is InChI=1S/C15H19NOS/c1-3-14(15-8-5-9-18-15)16-13-7-4-6-12(10-13)11-17-2/h4-10,14,16H,3,11H2,1-2H3. The Balaban J connectivity index is 2.09. The average molecular weight is 261 g/mol. The number of anilines is 1. The first kappa shape index (κ1) is 13.1. The Morgan fingerprint density at radius 1 is 1.28 bits per heavy atom. The van der Waals surface area contributed by atoms with E-state index in [-0.39, 0.29) is 0 Å². The van der Waals surface area contributed by atoms with E-state index >= 15 is 0 Å². The number of hydrogen-bond donors (Lipinski definition) is 1. The summed E-state index contributed by atoms with van der Waals surface area (Å²) in [6.45, 7) is 2.86. The molecule has 1 unspecified atom stereocenters. The zero-order valence-corrected chi connectivity index (χ0v) is 11.7. The van der Waals surface area contributed by atoms with E-state index in [9.17, 15) is 0 Å². The molecule has 2 aromatic rings. The summed E-state index contributed by atoms with van der Waals surface area (Å²) in [6.07, 6.45) is 1.08. The Hall–Kier alpha value is -1.32. The highest BCUT2D eigenvalue weighted by atomic mass is 32.1.